The number of carbonyl (C=O) groups excluding carboxylic acids is 1. The number of aliphatic imine (C=N–C) groups is 1. The molecule has 0 saturated heterocycles. The minimum absolute atomic E-state index is 0.0127. The fourth-order valence-corrected chi connectivity index (χ4v) is 3.36. The van der Waals surface area contributed by atoms with Gasteiger partial charge in [-0.3, -0.25) is 9.79 Å². The molecule has 6 heteroatoms. The summed E-state index contributed by atoms with van der Waals surface area (Å²) in [4.78, 5) is 18.1. The van der Waals surface area contributed by atoms with E-state index in [2.05, 4.69) is 33.8 Å². The topological polar surface area (TPSA) is 66.0 Å². The van der Waals surface area contributed by atoms with E-state index in [1.165, 1.54) is 0 Å². The molecule has 3 aromatic rings. The number of benzene rings is 3. The molecule has 172 valence electrons. The van der Waals surface area contributed by atoms with Gasteiger partial charge in [0.05, 0.1) is 0 Å². The third kappa shape index (κ3) is 7.68. The molecule has 0 saturated carbocycles. The number of hydrogen-bond acceptors (Lipinski definition) is 3. The van der Waals surface area contributed by atoms with Crippen LogP contribution in [0.1, 0.15) is 27.0 Å². The summed E-state index contributed by atoms with van der Waals surface area (Å²) in [5, 5.41) is 6.69. The number of carbonyl (C=O) groups is 1. The standard InChI is InChI=1S/C27H32N4O2/c1-28-27(29-16-15-21-9-8-12-24(18-21)26(32)31(2)3)30-19-22-10-7-11-23(17-22)20-33-25-13-5-4-6-14-25/h4-14,17-18H,15-16,19-20H2,1-3H3,(H2,28,29,30). The Balaban J connectivity index is 1.46. The Morgan fingerprint density at radius 3 is 2.36 bits per heavy atom. The Bertz CT molecular complexity index is 1060. The molecule has 0 aliphatic heterocycles. The van der Waals surface area contributed by atoms with Crippen LogP contribution in [-0.4, -0.2) is 44.5 Å². The zero-order valence-corrected chi connectivity index (χ0v) is 19.5. The van der Waals surface area contributed by atoms with Crippen molar-refractivity contribution in [1.82, 2.24) is 15.5 Å². The Kier molecular flexibility index (Phi) is 8.88. The van der Waals surface area contributed by atoms with E-state index in [1.54, 1.807) is 26.0 Å². The van der Waals surface area contributed by atoms with Crippen LogP contribution in [0.15, 0.2) is 83.9 Å². The summed E-state index contributed by atoms with van der Waals surface area (Å²) in [5.74, 6) is 1.61. The van der Waals surface area contributed by atoms with Crippen LogP contribution in [0, 0.1) is 0 Å². The predicted octanol–water partition coefficient (Wildman–Crippen LogP) is 3.88. The van der Waals surface area contributed by atoms with Gasteiger partial charge in [-0.2, -0.15) is 0 Å². The Morgan fingerprint density at radius 2 is 1.61 bits per heavy atom. The zero-order chi connectivity index (χ0) is 23.5. The van der Waals surface area contributed by atoms with Crippen molar-refractivity contribution in [3.63, 3.8) is 0 Å². The van der Waals surface area contributed by atoms with Crippen molar-refractivity contribution >= 4 is 11.9 Å². The SMILES string of the molecule is CN=C(NCCc1cccc(C(=O)N(C)C)c1)NCc1cccc(COc2ccccc2)c1. The number of rotatable bonds is 9. The number of ether oxygens (including phenoxy) is 1. The van der Waals surface area contributed by atoms with Crippen molar-refractivity contribution in [3.05, 3.63) is 101 Å². The molecule has 0 aromatic heterocycles. The number of nitrogens with one attached hydrogen (secondary N) is 2. The van der Waals surface area contributed by atoms with Gasteiger partial charge in [0.15, 0.2) is 5.96 Å². The monoisotopic (exact) mass is 444 g/mol. The number of guanidine groups is 1. The molecule has 6 nitrogen and oxygen atoms in total. The first-order valence-electron chi connectivity index (χ1n) is 11.1. The van der Waals surface area contributed by atoms with Gasteiger partial charge in [-0.05, 0) is 47.4 Å². The summed E-state index contributed by atoms with van der Waals surface area (Å²) in [6.07, 6.45) is 0.793. The fraction of sp³-hybridized carbons (Fsp3) is 0.259. The second-order valence-electron chi connectivity index (χ2n) is 7.92. The lowest BCUT2D eigenvalue weighted by Gasteiger charge is -2.14. The molecule has 3 rings (SSSR count). The summed E-state index contributed by atoms with van der Waals surface area (Å²) >= 11 is 0. The fourth-order valence-electron chi connectivity index (χ4n) is 3.36. The normalized spacial score (nSPS) is 11.1. The minimum Gasteiger partial charge on any atom is -0.489 e. The van der Waals surface area contributed by atoms with Crippen molar-refractivity contribution in [2.24, 2.45) is 4.99 Å². The van der Waals surface area contributed by atoms with Gasteiger partial charge in [0.2, 0.25) is 0 Å². The molecular formula is C27H32N4O2. The Hall–Kier alpha value is -3.80. The molecule has 0 atom stereocenters. The van der Waals surface area contributed by atoms with Crippen LogP contribution in [0.25, 0.3) is 0 Å². The molecule has 0 fully saturated rings. The molecule has 0 aliphatic rings. The molecule has 1 amide bonds. The summed E-state index contributed by atoms with van der Waals surface area (Å²) < 4.78 is 5.84. The van der Waals surface area contributed by atoms with Crippen LogP contribution in [0.5, 0.6) is 5.75 Å². The van der Waals surface area contributed by atoms with E-state index in [0.717, 1.165) is 34.8 Å². The van der Waals surface area contributed by atoms with Gasteiger partial charge < -0.3 is 20.3 Å². The Morgan fingerprint density at radius 1 is 0.879 bits per heavy atom. The van der Waals surface area contributed by atoms with Crippen LogP contribution in [0.2, 0.25) is 0 Å². The van der Waals surface area contributed by atoms with Crippen LogP contribution in [-0.2, 0) is 19.6 Å². The average molecular weight is 445 g/mol. The predicted molar refractivity (Wildman–Crippen MR) is 134 cm³/mol. The largest absolute Gasteiger partial charge is 0.489 e. The summed E-state index contributed by atoms with van der Waals surface area (Å²) in [6.45, 7) is 1.90. The van der Waals surface area contributed by atoms with Crippen molar-refractivity contribution in [2.45, 2.75) is 19.6 Å². The first-order chi connectivity index (χ1) is 16.0. The van der Waals surface area contributed by atoms with E-state index in [-0.39, 0.29) is 5.91 Å². The lowest BCUT2D eigenvalue weighted by molar-refractivity contribution is 0.0827. The molecule has 0 spiro atoms. The maximum Gasteiger partial charge on any atom is 0.253 e. The second kappa shape index (κ2) is 12.3. The molecule has 3 aromatic carbocycles. The highest BCUT2D eigenvalue weighted by Crippen LogP contribution is 2.13. The van der Waals surface area contributed by atoms with Crippen LogP contribution >= 0.6 is 0 Å². The lowest BCUT2D eigenvalue weighted by atomic mass is 10.1. The number of hydrogen-bond donors (Lipinski definition) is 2. The van der Waals surface area contributed by atoms with E-state index in [0.29, 0.717) is 25.3 Å². The van der Waals surface area contributed by atoms with Crippen molar-refractivity contribution in [2.75, 3.05) is 27.7 Å². The molecule has 0 unspecified atom stereocenters. The highest BCUT2D eigenvalue weighted by atomic mass is 16.5. The second-order valence-corrected chi connectivity index (χ2v) is 7.92. The number of nitrogens with zero attached hydrogens (tertiary/aromatic N) is 2. The highest BCUT2D eigenvalue weighted by molar-refractivity contribution is 5.94. The first kappa shape index (κ1) is 23.9. The molecule has 0 heterocycles. The lowest BCUT2D eigenvalue weighted by Crippen LogP contribution is -2.37. The van der Waals surface area contributed by atoms with Crippen molar-refractivity contribution in [1.29, 1.82) is 0 Å². The van der Waals surface area contributed by atoms with E-state index >= 15 is 0 Å². The van der Waals surface area contributed by atoms with Crippen LogP contribution in [0.4, 0.5) is 0 Å². The third-order valence-electron chi connectivity index (χ3n) is 5.11. The molecule has 0 radical (unpaired) electrons. The quantitative estimate of drug-likeness (QED) is 0.388. The average Bonchev–Trinajstić information content (AvgIpc) is 2.85. The molecule has 33 heavy (non-hydrogen) atoms. The van der Waals surface area contributed by atoms with E-state index in [4.69, 9.17) is 4.74 Å². The van der Waals surface area contributed by atoms with Crippen LogP contribution < -0.4 is 15.4 Å². The molecule has 0 aliphatic carbocycles. The third-order valence-corrected chi connectivity index (χ3v) is 5.11. The summed E-state index contributed by atoms with van der Waals surface area (Å²) in [6, 6.07) is 25.9. The van der Waals surface area contributed by atoms with Crippen molar-refractivity contribution in [3.8, 4) is 5.75 Å². The van der Waals surface area contributed by atoms with Gasteiger partial charge >= 0.3 is 0 Å². The van der Waals surface area contributed by atoms with Gasteiger partial charge in [0.1, 0.15) is 12.4 Å². The molecular weight excluding hydrogens is 412 g/mol. The summed E-state index contributed by atoms with van der Waals surface area (Å²) in [5.41, 5.74) is 4.09. The number of amides is 1. The van der Waals surface area contributed by atoms with Crippen LogP contribution in [0.3, 0.4) is 0 Å². The van der Waals surface area contributed by atoms with E-state index in [1.807, 2.05) is 60.7 Å². The molecule has 0 bridgehead atoms. The van der Waals surface area contributed by atoms with Gasteiger partial charge in [-0.15, -0.1) is 0 Å². The van der Waals surface area contributed by atoms with Crippen molar-refractivity contribution < 1.29 is 9.53 Å². The number of para-hydroxylation sites is 1. The van der Waals surface area contributed by atoms with E-state index < -0.39 is 0 Å². The molecule has 2 N–H and O–H groups in total. The summed E-state index contributed by atoms with van der Waals surface area (Å²) in [7, 11) is 5.28. The Labute approximate surface area is 196 Å². The van der Waals surface area contributed by atoms with Gasteiger partial charge in [0.25, 0.3) is 5.91 Å². The van der Waals surface area contributed by atoms with Gasteiger partial charge in [-0.25, -0.2) is 0 Å². The van der Waals surface area contributed by atoms with Gasteiger partial charge in [-0.1, -0.05) is 54.6 Å². The highest BCUT2D eigenvalue weighted by Gasteiger charge is 2.08. The van der Waals surface area contributed by atoms with E-state index in [9.17, 15) is 4.79 Å². The van der Waals surface area contributed by atoms with Gasteiger partial charge in [0, 0.05) is 39.8 Å². The zero-order valence-electron chi connectivity index (χ0n) is 19.5. The first-order valence-corrected chi connectivity index (χ1v) is 11.1. The minimum atomic E-state index is 0.0127. The maximum atomic E-state index is 12.2. The smallest absolute Gasteiger partial charge is 0.253 e. The maximum absolute atomic E-state index is 12.2.